The van der Waals surface area contributed by atoms with Gasteiger partial charge in [-0.1, -0.05) is 215 Å². The molecule has 0 saturated carbocycles. The van der Waals surface area contributed by atoms with Crippen LogP contribution in [-0.2, 0) is 21.7 Å². The zero-order chi connectivity index (χ0) is 57.1. The van der Waals surface area contributed by atoms with E-state index in [0.29, 0.717) is 0 Å². The van der Waals surface area contributed by atoms with Gasteiger partial charge in [0.25, 0.3) is 0 Å². The Hall–Kier alpha value is -9.38. The van der Waals surface area contributed by atoms with Crippen LogP contribution in [0.5, 0.6) is 0 Å². The van der Waals surface area contributed by atoms with Crippen molar-refractivity contribution in [3.05, 3.63) is 252 Å². The number of nitrogens with zero attached hydrogens (tertiary/aromatic N) is 4. The van der Waals surface area contributed by atoms with E-state index in [2.05, 4.69) is 306 Å². The van der Waals surface area contributed by atoms with Gasteiger partial charge < -0.3 is 18.6 Å². The molecule has 2 aliphatic carbocycles. The topological polar surface area (TPSA) is 15.3 Å². The van der Waals surface area contributed by atoms with E-state index in [9.17, 15) is 0 Å². The number of hydrogen-bond acceptors (Lipinski definition) is 2. The van der Waals surface area contributed by atoms with Gasteiger partial charge in [-0.05, 0) is 139 Å². The lowest BCUT2D eigenvalue weighted by atomic mass is 9.82. The van der Waals surface area contributed by atoms with Gasteiger partial charge in [-0.25, -0.2) is 0 Å². The minimum absolute atomic E-state index is 0.140. The quantitative estimate of drug-likeness (QED) is 0.165. The molecule has 4 aromatic heterocycles. The van der Waals surface area contributed by atoms with Crippen molar-refractivity contribution in [3.8, 4) is 22.3 Å². The molecule has 4 nitrogen and oxygen atoms in total. The van der Waals surface area contributed by atoms with E-state index >= 15 is 0 Å². The number of aromatic nitrogens is 2. The zero-order valence-corrected chi connectivity index (χ0v) is 49.6. The lowest BCUT2D eigenvalue weighted by Gasteiger charge is -2.29. The highest BCUT2D eigenvalue weighted by Crippen LogP contribution is 2.56. The molecule has 0 amide bonds. The summed E-state index contributed by atoms with van der Waals surface area (Å²) in [6.07, 6.45) is 0. The van der Waals surface area contributed by atoms with Crippen LogP contribution in [0.15, 0.2) is 218 Å². The van der Waals surface area contributed by atoms with Crippen LogP contribution >= 0.6 is 0 Å². The second-order valence-corrected chi connectivity index (χ2v) is 27.3. The Bertz CT molecular complexity index is 4940. The largest absolute Gasteiger partial charge is 0.310 e. The van der Waals surface area contributed by atoms with Crippen molar-refractivity contribution in [1.82, 2.24) is 8.80 Å². The average molecular weight is 1080 g/mol. The summed E-state index contributed by atoms with van der Waals surface area (Å²) < 4.78 is 5.32. The van der Waals surface area contributed by atoms with E-state index in [-0.39, 0.29) is 21.7 Å². The molecule has 2 aliphatic rings. The maximum atomic E-state index is 2.66. The number of rotatable bonds is 6. The number of anilines is 6. The molecule has 4 heterocycles. The van der Waals surface area contributed by atoms with Gasteiger partial charge in [0.1, 0.15) is 0 Å². The summed E-state index contributed by atoms with van der Waals surface area (Å²) in [6.45, 7) is 23.8. The highest BCUT2D eigenvalue weighted by atomic mass is 15.2. The van der Waals surface area contributed by atoms with E-state index in [4.69, 9.17) is 0 Å². The fourth-order valence-electron chi connectivity index (χ4n) is 15.9. The summed E-state index contributed by atoms with van der Waals surface area (Å²) in [5, 5.41) is 10.1. The molecular formula is C80H66N4. The molecule has 11 aromatic carbocycles. The number of fused-ring (bicyclic) bond motifs is 18. The van der Waals surface area contributed by atoms with Gasteiger partial charge in [-0.2, -0.15) is 0 Å². The third-order valence-corrected chi connectivity index (χ3v) is 19.8. The normalized spacial score (nSPS) is 14.5. The van der Waals surface area contributed by atoms with Crippen LogP contribution < -0.4 is 9.80 Å². The van der Waals surface area contributed by atoms with E-state index in [1.54, 1.807) is 0 Å². The Balaban J connectivity index is 0.960. The summed E-state index contributed by atoms with van der Waals surface area (Å²) in [4.78, 5) is 5.06. The Kier molecular flexibility index (Phi) is 9.77. The minimum atomic E-state index is -0.148. The second kappa shape index (κ2) is 16.7. The monoisotopic (exact) mass is 1080 g/mol. The average Bonchev–Trinajstić information content (AvgIpc) is 1.59. The molecule has 0 saturated heterocycles. The molecule has 17 rings (SSSR count). The zero-order valence-electron chi connectivity index (χ0n) is 49.6. The molecule has 0 radical (unpaired) electrons. The molecule has 406 valence electrons. The molecule has 4 heteroatoms. The van der Waals surface area contributed by atoms with Gasteiger partial charge in [-0.15, -0.1) is 0 Å². The number of hydrogen-bond donors (Lipinski definition) is 0. The van der Waals surface area contributed by atoms with Crippen molar-refractivity contribution in [3.63, 3.8) is 0 Å². The van der Waals surface area contributed by atoms with Crippen LogP contribution in [0.4, 0.5) is 34.1 Å². The maximum absolute atomic E-state index is 2.66. The highest BCUT2D eigenvalue weighted by Gasteiger charge is 2.39. The fraction of sp³-hybridized carbons (Fsp3) is 0.175. The summed E-state index contributed by atoms with van der Waals surface area (Å²) in [6, 6.07) is 83.3. The molecule has 0 aliphatic heterocycles. The first-order valence-electron chi connectivity index (χ1n) is 30.1. The van der Waals surface area contributed by atoms with Gasteiger partial charge in [0.15, 0.2) is 0 Å². The number of para-hydroxylation sites is 4. The predicted molar refractivity (Wildman–Crippen MR) is 358 cm³/mol. The SMILES string of the molecule is CC(C)(C)c1cccc2c3c(N(c4ccccc4)c4ccc5c(c4)C(C)(C)c4ccccc4-5)ccc4c5cc6c(cc5n(c12)c43)c1ccc(N(c2ccccc2)c2ccc3c(c2)C(C)(C)c2ccccc2-3)c2c3cccc(C(C)(C)C)c3n6c12. The Morgan fingerprint density at radius 1 is 0.298 bits per heavy atom. The molecule has 0 atom stereocenters. The molecule has 0 spiro atoms. The van der Waals surface area contributed by atoms with Crippen molar-refractivity contribution >= 4 is 110 Å². The molecule has 0 N–H and O–H groups in total. The van der Waals surface area contributed by atoms with Gasteiger partial charge in [-0.3, -0.25) is 0 Å². The standard InChI is InChI=1S/C80H66N4/c1-77(2,3)63-33-21-29-57-71-67(81(47-23-13-11-14-24-47)49-35-37-53-51-27-17-19-31-61(51)79(7,8)65(53)43-49)41-39-55-59-46-70-60(45-69(59)83(73(57)63)75(55)71)56-40-42-68(72-58-30-22-34-64(78(4,5)6)74(58)84(70)76(56)72)82(48-25-15-12-16-26-48)50-36-38-54-52-28-18-20-32-62(52)80(9,10)66(54)44-50/h11-46H,1-10H3. The van der Waals surface area contributed by atoms with Crippen LogP contribution in [0.2, 0.25) is 0 Å². The first-order chi connectivity index (χ1) is 40.5. The van der Waals surface area contributed by atoms with Gasteiger partial charge in [0, 0.05) is 76.7 Å². The van der Waals surface area contributed by atoms with Gasteiger partial charge in [0.05, 0.1) is 44.5 Å². The van der Waals surface area contributed by atoms with Crippen molar-refractivity contribution in [2.24, 2.45) is 0 Å². The van der Waals surface area contributed by atoms with Crippen LogP contribution in [0, 0.1) is 0 Å². The highest BCUT2D eigenvalue weighted by molar-refractivity contribution is 6.32. The third kappa shape index (κ3) is 6.43. The minimum Gasteiger partial charge on any atom is -0.310 e. The molecular weight excluding hydrogens is 1020 g/mol. The smallest absolute Gasteiger partial charge is 0.0641 e. The third-order valence-electron chi connectivity index (χ3n) is 19.8. The second-order valence-electron chi connectivity index (χ2n) is 27.3. The summed E-state index contributed by atoms with van der Waals surface area (Å²) >= 11 is 0. The Morgan fingerprint density at radius 3 is 1.08 bits per heavy atom. The van der Waals surface area contributed by atoms with Crippen molar-refractivity contribution in [1.29, 1.82) is 0 Å². The molecule has 84 heavy (non-hydrogen) atoms. The Morgan fingerprint density at radius 2 is 0.679 bits per heavy atom. The van der Waals surface area contributed by atoms with Crippen molar-refractivity contribution in [2.45, 2.75) is 90.9 Å². The van der Waals surface area contributed by atoms with E-state index < -0.39 is 0 Å². The lowest BCUT2D eigenvalue weighted by Crippen LogP contribution is -2.16. The number of benzene rings is 11. The van der Waals surface area contributed by atoms with E-state index in [0.717, 1.165) is 22.7 Å². The summed E-state index contributed by atoms with van der Waals surface area (Å²) in [5.41, 5.74) is 27.4. The van der Waals surface area contributed by atoms with Crippen LogP contribution in [0.1, 0.15) is 103 Å². The molecule has 15 aromatic rings. The van der Waals surface area contributed by atoms with Crippen LogP contribution in [0.3, 0.4) is 0 Å². The Labute approximate surface area is 491 Å². The summed E-state index contributed by atoms with van der Waals surface area (Å²) in [7, 11) is 0. The maximum Gasteiger partial charge on any atom is 0.0641 e. The van der Waals surface area contributed by atoms with E-state index in [1.807, 2.05) is 0 Å². The fourth-order valence-corrected chi connectivity index (χ4v) is 15.9. The van der Waals surface area contributed by atoms with E-state index in [1.165, 1.54) is 143 Å². The first kappa shape index (κ1) is 49.2. The van der Waals surface area contributed by atoms with Gasteiger partial charge in [0.2, 0.25) is 0 Å². The predicted octanol–water partition coefficient (Wildman–Crippen LogP) is 22.1. The van der Waals surface area contributed by atoms with Crippen molar-refractivity contribution < 1.29 is 0 Å². The molecule has 0 bridgehead atoms. The molecule has 0 unspecified atom stereocenters. The van der Waals surface area contributed by atoms with Gasteiger partial charge >= 0.3 is 0 Å². The summed E-state index contributed by atoms with van der Waals surface area (Å²) in [5.74, 6) is 0. The first-order valence-corrected chi connectivity index (χ1v) is 30.1. The van der Waals surface area contributed by atoms with Crippen LogP contribution in [0.25, 0.3) is 98.4 Å². The van der Waals surface area contributed by atoms with Crippen molar-refractivity contribution in [2.75, 3.05) is 9.80 Å². The van der Waals surface area contributed by atoms with Crippen LogP contribution in [-0.4, -0.2) is 8.80 Å². The molecule has 0 fully saturated rings. The lowest BCUT2D eigenvalue weighted by molar-refractivity contribution is 0.594.